The first-order valence-corrected chi connectivity index (χ1v) is 19.2. The summed E-state index contributed by atoms with van der Waals surface area (Å²) < 4.78 is 0. The summed E-state index contributed by atoms with van der Waals surface area (Å²) >= 11 is 0. The molecule has 0 aliphatic heterocycles. The first-order valence-electron chi connectivity index (χ1n) is 19.2. The Kier molecular flexibility index (Phi) is 54.0. The Balaban J connectivity index is -0.000000389. The molecular formula is C38H72N2Na2O6. The first-order chi connectivity index (χ1) is 22.3. The van der Waals surface area contributed by atoms with Gasteiger partial charge in [-0.05, 0) is 25.7 Å². The van der Waals surface area contributed by atoms with Gasteiger partial charge in [0.1, 0.15) is 11.6 Å². The van der Waals surface area contributed by atoms with Crippen LogP contribution in [0.2, 0.25) is 0 Å². The van der Waals surface area contributed by atoms with Gasteiger partial charge in [0.25, 0.3) is 0 Å². The second-order valence-electron chi connectivity index (χ2n) is 13.0. The number of Topliss-reactive ketones (excluding diaryl/α,β-unsaturated/α-hetero) is 2. The van der Waals surface area contributed by atoms with Crippen molar-refractivity contribution in [3.8, 4) is 0 Å². The number of hydrogen-bond donors (Lipinski definition) is 2. The second-order valence-corrected chi connectivity index (χ2v) is 13.0. The molecule has 0 saturated heterocycles. The van der Waals surface area contributed by atoms with Gasteiger partial charge in [-0.15, -0.1) is 0 Å². The average Bonchev–Trinajstić information content (AvgIpc) is 3.02. The van der Waals surface area contributed by atoms with Crippen LogP contribution in [0, 0.1) is 0 Å². The van der Waals surface area contributed by atoms with Gasteiger partial charge in [-0.3, -0.25) is 9.59 Å². The summed E-state index contributed by atoms with van der Waals surface area (Å²) in [6.45, 7) is 5.69. The molecule has 0 fully saturated rings. The molecule has 0 radical (unpaired) electrons. The Morgan fingerprint density at radius 2 is 0.604 bits per heavy atom. The molecule has 272 valence electrons. The molecule has 0 bridgehead atoms. The number of aliphatic carboxylic acids is 2. The van der Waals surface area contributed by atoms with Gasteiger partial charge >= 0.3 is 59.1 Å². The zero-order valence-corrected chi connectivity index (χ0v) is 36.1. The van der Waals surface area contributed by atoms with Crippen molar-refractivity contribution >= 4 is 23.5 Å². The first kappa shape index (κ1) is 55.0. The molecule has 0 heterocycles. The molecule has 0 aromatic rings. The maximum Gasteiger partial charge on any atom is 1.00 e. The molecule has 10 heteroatoms. The van der Waals surface area contributed by atoms with Crippen LogP contribution in [0.1, 0.15) is 194 Å². The molecule has 0 saturated carbocycles. The molecule has 48 heavy (non-hydrogen) atoms. The van der Waals surface area contributed by atoms with E-state index in [-0.39, 0.29) is 96.6 Å². The molecule has 0 aliphatic rings. The fraction of sp³-hybridized carbons (Fsp3) is 0.895. The molecule has 0 aromatic heterocycles. The second kappa shape index (κ2) is 47.2. The topological polar surface area (TPSA) is 138 Å². The van der Waals surface area contributed by atoms with Gasteiger partial charge in [0, 0.05) is 37.9 Å². The van der Waals surface area contributed by atoms with Crippen LogP contribution in [-0.4, -0.2) is 49.7 Å². The number of unbranched alkanes of at least 4 members (excludes halogenated alkanes) is 22. The summed E-state index contributed by atoms with van der Waals surface area (Å²) in [7, 11) is 0. The number of rotatable bonds is 36. The van der Waals surface area contributed by atoms with E-state index in [0.29, 0.717) is 25.9 Å². The van der Waals surface area contributed by atoms with Crippen LogP contribution in [0.15, 0.2) is 0 Å². The predicted octanol–water partition coefficient (Wildman–Crippen LogP) is 0.761. The predicted molar refractivity (Wildman–Crippen MR) is 186 cm³/mol. The molecule has 8 nitrogen and oxygen atoms in total. The van der Waals surface area contributed by atoms with E-state index >= 15 is 0 Å². The molecule has 0 unspecified atom stereocenters. The largest absolute Gasteiger partial charge is 1.00 e. The van der Waals surface area contributed by atoms with Crippen LogP contribution in [0.5, 0.6) is 0 Å². The standard InChI is InChI=1S/C20H39NO3.C18H35NO3.2Na/c1-2-3-4-5-6-7-8-9-10-11-12-13-14-15-19(22)18-21-17-16-20(23)24;1-2-3-4-5-6-7-8-9-10-11-12-13-17(20)16-19-15-14-18(21)22;;/h21H,2-18H2,1H3,(H,23,24);19H,2-16H2,1H3,(H,21,22);;/q;;2*+1/p-2. The maximum absolute atomic E-state index is 11.6. The number of nitrogens with one attached hydrogen (secondary N) is 2. The third-order valence-corrected chi connectivity index (χ3v) is 8.27. The van der Waals surface area contributed by atoms with Crippen molar-refractivity contribution in [2.45, 2.75) is 194 Å². The van der Waals surface area contributed by atoms with Crippen molar-refractivity contribution in [1.82, 2.24) is 10.6 Å². The molecular weight excluding hydrogens is 626 g/mol. The van der Waals surface area contributed by atoms with E-state index in [1.807, 2.05) is 0 Å². The Hall–Kier alpha value is 0.200. The Morgan fingerprint density at radius 1 is 0.375 bits per heavy atom. The quantitative estimate of drug-likeness (QED) is 0.0723. The van der Waals surface area contributed by atoms with Crippen LogP contribution in [0.3, 0.4) is 0 Å². The summed E-state index contributed by atoms with van der Waals surface area (Å²) in [6, 6.07) is 0. The van der Waals surface area contributed by atoms with Gasteiger partial charge in [0.05, 0.1) is 13.1 Å². The SMILES string of the molecule is CCCCCCCCCCCCCC(=O)CNCCC(=O)[O-].CCCCCCCCCCCCCCCC(=O)CNCCC(=O)[O-].[Na+].[Na+]. The van der Waals surface area contributed by atoms with Gasteiger partial charge in [-0.2, -0.15) is 0 Å². The van der Waals surface area contributed by atoms with Crippen LogP contribution in [0.25, 0.3) is 0 Å². The molecule has 0 spiro atoms. The summed E-state index contributed by atoms with van der Waals surface area (Å²) in [6.07, 6.45) is 32.2. The van der Waals surface area contributed by atoms with Crippen molar-refractivity contribution in [2.75, 3.05) is 26.2 Å². The number of hydrogen-bond acceptors (Lipinski definition) is 8. The summed E-state index contributed by atoms with van der Waals surface area (Å²) in [5, 5.41) is 26.1. The molecule has 0 aromatic carbocycles. The minimum atomic E-state index is -1.08. The van der Waals surface area contributed by atoms with Crippen LogP contribution < -0.4 is 80.0 Å². The van der Waals surface area contributed by atoms with Crippen LogP contribution in [0.4, 0.5) is 0 Å². The average molecular weight is 699 g/mol. The Morgan fingerprint density at radius 3 is 0.833 bits per heavy atom. The fourth-order valence-electron chi connectivity index (χ4n) is 5.34. The van der Waals surface area contributed by atoms with Gasteiger partial charge in [-0.25, -0.2) is 0 Å². The zero-order valence-electron chi connectivity index (χ0n) is 32.1. The van der Waals surface area contributed by atoms with Crippen LogP contribution in [-0.2, 0) is 19.2 Å². The third-order valence-electron chi connectivity index (χ3n) is 8.27. The minimum absolute atomic E-state index is 0. The van der Waals surface area contributed by atoms with E-state index in [9.17, 15) is 29.4 Å². The van der Waals surface area contributed by atoms with E-state index in [2.05, 4.69) is 24.5 Å². The number of carboxylic acids is 2. The Labute approximate surface area is 339 Å². The Bertz CT molecular complexity index is 713. The van der Waals surface area contributed by atoms with E-state index in [4.69, 9.17) is 0 Å². The summed E-state index contributed by atoms with van der Waals surface area (Å²) in [4.78, 5) is 43.5. The van der Waals surface area contributed by atoms with Crippen molar-refractivity contribution in [2.24, 2.45) is 0 Å². The minimum Gasteiger partial charge on any atom is -0.550 e. The monoisotopic (exact) mass is 699 g/mol. The van der Waals surface area contributed by atoms with Crippen molar-refractivity contribution in [1.29, 1.82) is 0 Å². The van der Waals surface area contributed by atoms with Crippen LogP contribution >= 0.6 is 0 Å². The van der Waals surface area contributed by atoms with E-state index in [1.54, 1.807) is 0 Å². The number of carbonyl (C=O) groups is 4. The van der Waals surface area contributed by atoms with Gasteiger partial charge in [0.2, 0.25) is 0 Å². The molecule has 0 atom stereocenters. The van der Waals surface area contributed by atoms with Crippen molar-refractivity contribution in [3.63, 3.8) is 0 Å². The summed E-state index contributed by atoms with van der Waals surface area (Å²) in [5.74, 6) is -1.80. The normalized spacial score (nSPS) is 10.4. The van der Waals surface area contributed by atoms with E-state index in [1.165, 1.54) is 128 Å². The zero-order chi connectivity index (χ0) is 34.4. The maximum atomic E-state index is 11.6. The van der Waals surface area contributed by atoms with Gasteiger partial charge in [0.15, 0.2) is 0 Å². The van der Waals surface area contributed by atoms with Gasteiger partial charge in [-0.1, -0.05) is 155 Å². The molecule has 0 rings (SSSR count). The van der Waals surface area contributed by atoms with Crippen molar-refractivity contribution in [3.05, 3.63) is 0 Å². The smallest absolute Gasteiger partial charge is 0.550 e. The third kappa shape index (κ3) is 53.0. The fourth-order valence-corrected chi connectivity index (χ4v) is 5.34. The number of ketones is 2. The number of carboxylic acid groups (broad SMARTS) is 2. The van der Waals surface area contributed by atoms with Crippen molar-refractivity contribution < 1.29 is 88.5 Å². The molecule has 0 amide bonds. The summed E-state index contributed by atoms with van der Waals surface area (Å²) in [5.41, 5.74) is 0. The van der Waals surface area contributed by atoms with E-state index in [0.717, 1.165) is 25.7 Å². The van der Waals surface area contributed by atoms with E-state index < -0.39 is 11.9 Å². The van der Waals surface area contributed by atoms with Gasteiger partial charge < -0.3 is 30.4 Å². The number of carbonyl (C=O) groups excluding carboxylic acids is 4. The molecule has 0 aliphatic carbocycles. The molecule has 2 N–H and O–H groups in total.